The maximum Gasteiger partial charge on any atom is 0.134 e. The Morgan fingerprint density at radius 1 is 1.36 bits per heavy atom. The maximum absolute atomic E-state index is 10.9. The molecule has 1 aliphatic carbocycles. The Bertz CT molecular complexity index is 325. The second-order valence-corrected chi connectivity index (χ2v) is 5.21. The lowest BCUT2D eigenvalue weighted by Crippen LogP contribution is -1.95. The van der Waals surface area contributed by atoms with Crippen molar-refractivity contribution in [1.29, 1.82) is 0 Å². The van der Waals surface area contributed by atoms with Crippen LogP contribution in [0.1, 0.15) is 25.3 Å². The average Bonchev–Trinajstić information content (AvgIpc) is 2.91. The van der Waals surface area contributed by atoms with Gasteiger partial charge in [-0.2, -0.15) is 0 Å². The second-order valence-electron chi connectivity index (χ2n) is 3.84. The number of benzene rings is 1. The molecule has 0 aromatic heterocycles. The standard InChI is InChI=1S/C12H14OS/c1-9(13)8-10-2-4-11(5-3-10)14-12-6-7-12/h2-5,12H,6-8H2,1H3. The zero-order chi connectivity index (χ0) is 9.97. The lowest BCUT2D eigenvalue weighted by Gasteiger charge is -2.01. The van der Waals surface area contributed by atoms with Crippen molar-refractivity contribution in [3.05, 3.63) is 29.8 Å². The topological polar surface area (TPSA) is 17.1 Å². The van der Waals surface area contributed by atoms with Crippen molar-refractivity contribution < 1.29 is 4.79 Å². The first-order chi connectivity index (χ1) is 6.74. The predicted octanol–water partition coefficient (Wildman–Crippen LogP) is 3.07. The van der Waals surface area contributed by atoms with Gasteiger partial charge >= 0.3 is 0 Å². The third kappa shape index (κ3) is 2.88. The minimum atomic E-state index is 0.229. The summed E-state index contributed by atoms with van der Waals surface area (Å²) in [6.45, 7) is 1.63. The summed E-state index contributed by atoms with van der Waals surface area (Å²) in [5, 5.41) is 0.855. The van der Waals surface area contributed by atoms with E-state index in [4.69, 9.17) is 0 Å². The van der Waals surface area contributed by atoms with Crippen LogP contribution in [0.15, 0.2) is 29.2 Å². The molecule has 0 bridgehead atoms. The summed E-state index contributed by atoms with van der Waals surface area (Å²) in [4.78, 5) is 12.2. The summed E-state index contributed by atoms with van der Waals surface area (Å²) < 4.78 is 0. The Morgan fingerprint density at radius 2 is 2.00 bits per heavy atom. The van der Waals surface area contributed by atoms with Gasteiger partial charge in [0.05, 0.1) is 0 Å². The number of thioether (sulfide) groups is 1. The Morgan fingerprint density at radius 3 is 2.50 bits per heavy atom. The molecule has 74 valence electrons. The number of hydrogen-bond acceptors (Lipinski definition) is 2. The molecule has 0 saturated heterocycles. The molecule has 2 rings (SSSR count). The number of carbonyl (C=O) groups is 1. The fraction of sp³-hybridized carbons (Fsp3) is 0.417. The minimum Gasteiger partial charge on any atom is -0.300 e. The summed E-state index contributed by atoms with van der Waals surface area (Å²) in [5.41, 5.74) is 1.12. The minimum absolute atomic E-state index is 0.229. The Kier molecular flexibility index (Phi) is 2.92. The zero-order valence-electron chi connectivity index (χ0n) is 8.32. The number of hydrogen-bond donors (Lipinski definition) is 0. The predicted molar refractivity (Wildman–Crippen MR) is 59.7 cm³/mol. The number of Topliss-reactive ketones (excluding diaryl/α,β-unsaturated/α-hetero) is 1. The highest BCUT2D eigenvalue weighted by Crippen LogP contribution is 2.38. The monoisotopic (exact) mass is 206 g/mol. The van der Waals surface area contributed by atoms with E-state index in [1.54, 1.807) is 6.92 Å². The summed E-state index contributed by atoms with van der Waals surface area (Å²) >= 11 is 1.95. The van der Waals surface area contributed by atoms with Crippen LogP contribution in [0.25, 0.3) is 0 Å². The smallest absolute Gasteiger partial charge is 0.134 e. The second kappa shape index (κ2) is 4.18. The number of ketones is 1. The molecule has 0 heterocycles. The van der Waals surface area contributed by atoms with Crippen LogP contribution in [0.3, 0.4) is 0 Å². The molecule has 1 aromatic rings. The molecular formula is C12H14OS. The fourth-order valence-corrected chi connectivity index (χ4v) is 2.40. The highest BCUT2D eigenvalue weighted by Gasteiger charge is 2.22. The van der Waals surface area contributed by atoms with E-state index in [9.17, 15) is 4.79 Å². The van der Waals surface area contributed by atoms with Gasteiger partial charge in [0.25, 0.3) is 0 Å². The fourth-order valence-electron chi connectivity index (χ4n) is 1.35. The molecule has 1 aromatic carbocycles. The van der Waals surface area contributed by atoms with Crippen molar-refractivity contribution in [3.8, 4) is 0 Å². The summed E-state index contributed by atoms with van der Waals surface area (Å²) in [6, 6.07) is 8.38. The molecule has 0 N–H and O–H groups in total. The van der Waals surface area contributed by atoms with Gasteiger partial charge in [-0.3, -0.25) is 4.79 Å². The molecule has 1 saturated carbocycles. The van der Waals surface area contributed by atoms with E-state index in [0.717, 1.165) is 10.8 Å². The molecular weight excluding hydrogens is 192 g/mol. The van der Waals surface area contributed by atoms with Crippen LogP contribution >= 0.6 is 11.8 Å². The lowest BCUT2D eigenvalue weighted by molar-refractivity contribution is -0.116. The SMILES string of the molecule is CC(=O)Cc1ccc(SC2CC2)cc1. The van der Waals surface area contributed by atoms with Gasteiger partial charge in [-0.25, -0.2) is 0 Å². The zero-order valence-corrected chi connectivity index (χ0v) is 9.14. The largest absolute Gasteiger partial charge is 0.300 e. The van der Waals surface area contributed by atoms with Gasteiger partial charge in [0.2, 0.25) is 0 Å². The highest BCUT2D eigenvalue weighted by atomic mass is 32.2. The van der Waals surface area contributed by atoms with Crippen molar-refractivity contribution in [2.24, 2.45) is 0 Å². The van der Waals surface area contributed by atoms with Crippen molar-refractivity contribution >= 4 is 17.5 Å². The molecule has 0 amide bonds. The van der Waals surface area contributed by atoms with E-state index in [1.807, 2.05) is 11.8 Å². The summed E-state index contributed by atoms with van der Waals surface area (Å²) in [6.07, 6.45) is 3.29. The van der Waals surface area contributed by atoms with Gasteiger partial charge in [-0.1, -0.05) is 12.1 Å². The van der Waals surface area contributed by atoms with E-state index in [-0.39, 0.29) is 5.78 Å². The molecule has 0 spiro atoms. The lowest BCUT2D eigenvalue weighted by atomic mass is 10.1. The molecule has 0 radical (unpaired) electrons. The summed E-state index contributed by atoms with van der Waals surface area (Å²) in [5.74, 6) is 0.229. The first-order valence-electron chi connectivity index (χ1n) is 4.99. The van der Waals surface area contributed by atoms with Crippen molar-refractivity contribution in [2.45, 2.75) is 36.3 Å². The van der Waals surface area contributed by atoms with E-state index >= 15 is 0 Å². The van der Waals surface area contributed by atoms with Crippen LogP contribution in [0.2, 0.25) is 0 Å². The third-order valence-electron chi connectivity index (χ3n) is 2.20. The first-order valence-corrected chi connectivity index (χ1v) is 5.87. The van der Waals surface area contributed by atoms with Crippen LogP contribution in [0, 0.1) is 0 Å². The normalized spacial score (nSPS) is 15.5. The average molecular weight is 206 g/mol. The van der Waals surface area contributed by atoms with Gasteiger partial charge in [0, 0.05) is 16.6 Å². The van der Waals surface area contributed by atoms with Crippen molar-refractivity contribution in [2.75, 3.05) is 0 Å². The molecule has 1 aliphatic rings. The van der Waals surface area contributed by atoms with E-state index in [2.05, 4.69) is 24.3 Å². The molecule has 1 fully saturated rings. The van der Waals surface area contributed by atoms with Crippen molar-refractivity contribution in [3.63, 3.8) is 0 Å². The molecule has 0 atom stereocenters. The van der Waals surface area contributed by atoms with E-state index in [0.29, 0.717) is 6.42 Å². The first kappa shape index (κ1) is 9.78. The van der Waals surface area contributed by atoms with Crippen LogP contribution in [-0.2, 0) is 11.2 Å². The Hall–Kier alpha value is -0.760. The Balaban J connectivity index is 1.97. The van der Waals surface area contributed by atoms with Gasteiger partial charge in [-0.15, -0.1) is 11.8 Å². The maximum atomic E-state index is 10.9. The Labute approximate surface area is 88.9 Å². The molecule has 0 unspecified atom stereocenters. The molecule has 2 heteroatoms. The van der Waals surface area contributed by atoms with Gasteiger partial charge in [0.1, 0.15) is 5.78 Å². The van der Waals surface area contributed by atoms with Crippen LogP contribution in [-0.4, -0.2) is 11.0 Å². The molecule has 0 aliphatic heterocycles. The third-order valence-corrected chi connectivity index (χ3v) is 3.55. The van der Waals surface area contributed by atoms with Gasteiger partial charge < -0.3 is 0 Å². The van der Waals surface area contributed by atoms with Crippen LogP contribution in [0.4, 0.5) is 0 Å². The van der Waals surface area contributed by atoms with Crippen LogP contribution < -0.4 is 0 Å². The van der Waals surface area contributed by atoms with Gasteiger partial charge in [0.15, 0.2) is 0 Å². The van der Waals surface area contributed by atoms with Gasteiger partial charge in [-0.05, 0) is 37.5 Å². The van der Waals surface area contributed by atoms with E-state index < -0.39 is 0 Å². The molecule has 1 nitrogen and oxygen atoms in total. The quantitative estimate of drug-likeness (QED) is 0.753. The highest BCUT2D eigenvalue weighted by molar-refractivity contribution is 8.00. The van der Waals surface area contributed by atoms with Crippen LogP contribution in [0.5, 0.6) is 0 Å². The number of carbonyl (C=O) groups excluding carboxylic acids is 1. The number of rotatable bonds is 4. The summed E-state index contributed by atoms with van der Waals surface area (Å²) in [7, 11) is 0. The van der Waals surface area contributed by atoms with Crippen molar-refractivity contribution in [1.82, 2.24) is 0 Å². The molecule has 14 heavy (non-hydrogen) atoms. The van der Waals surface area contributed by atoms with E-state index in [1.165, 1.54) is 17.7 Å².